The Hall–Kier alpha value is 2.23. The van der Waals surface area contributed by atoms with Crippen LogP contribution < -0.4 is 29.6 Å². The predicted octanol–water partition coefficient (Wildman–Crippen LogP) is -3.21. The Kier molecular flexibility index (Phi) is 14.6. The van der Waals surface area contributed by atoms with Gasteiger partial charge in [-0.05, 0) is 0 Å². The van der Waals surface area contributed by atoms with Crippen LogP contribution in [0.3, 0.4) is 0 Å². The molecular weight excluding hydrogens is 336 g/mol. The van der Waals surface area contributed by atoms with E-state index in [2.05, 4.69) is 11.2 Å². The fraction of sp³-hybridized carbons (Fsp3) is 0. The number of rotatable bonds is 0. The van der Waals surface area contributed by atoms with E-state index in [9.17, 15) is 0 Å². The maximum atomic E-state index is 9.11. The van der Waals surface area contributed by atoms with Crippen molar-refractivity contribution in [2.45, 2.75) is 0 Å². The van der Waals surface area contributed by atoms with Gasteiger partial charge in [-0.15, -0.1) is 0 Å². The van der Waals surface area contributed by atoms with Crippen molar-refractivity contribution in [3.8, 4) is 0 Å². The molecule has 0 heterocycles. The Morgan fingerprint density at radius 1 is 1.57 bits per heavy atom. The SMILES string of the molecule is O=S(O)(O)=S.[H-].[Hg].[Na+]. The molecule has 0 amide bonds. The van der Waals surface area contributed by atoms with E-state index in [-0.39, 0.29) is 58.7 Å². The van der Waals surface area contributed by atoms with Crippen molar-refractivity contribution in [2.24, 2.45) is 0 Å². The minimum atomic E-state index is -3.83. The minimum absolute atomic E-state index is 0. The molecule has 36 valence electrons. The molecule has 0 aromatic carbocycles. The molecule has 0 aliphatic rings. The van der Waals surface area contributed by atoms with Gasteiger partial charge in [-0.2, -0.15) is 4.21 Å². The molecule has 0 unspecified atom stereocenters. The third-order valence-corrected chi connectivity index (χ3v) is 0. The third-order valence-electron chi connectivity index (χ3n) is 0. The van der Waals surface area contributed by atoms with Crippen LogP contribution in [0.1, 0.15) is 1.43 Å². The Morgan fingerprint density at radius 2 is 1.57 bits per heavy atom. The van der Waals surface area contributed by atoms with Crippen molar-refractivity contribution >= 4 is 20.2 Å². The molecule has 3 nitrogen and oxygen atoms in total. The molecule has 0 aromatic heterocycles. The zero-order valence-electron chi connectivity index (χ0n) is 4.83. The van der Waals surface area contributed by atoms with Gasteiger partial charge in [-0.25, -0.2) is 0 Å². The summed E-state index contributed by atoms with van der Waals surface area (Å²) in [7, 11) is -3.83. The second-order valence-corrected chi connectivity index (χ2v) is 2.65. The van der Waals surface area contributed by atoms with Gasteiger partial charge in [-0.1, -0.05) is 0 Å². The van der Waals surface area contributed by atoms with Gasteiger partial charge < -0.3 is 1.43 Å². The van der Waals surface area contributed by atoms with E-state index < -0.39 is 9.05 Å². The summed E-state index contributed by atoms with van der Waals surface area (Å²) in [6.45, 7) is 0. The van der Waals surface area contributed by atoms with Crippen LogP contribution in [0.4, 0.5) is 0 Å². The molecule has 0 fully saturated rings. The predicted molar refractivity (Wildman–Crippen MR) is 21.9 cm³/mol. The first kappa shape index (κ1) is 16.1. The topological polar surface area (TPSA) is 57.5 Å². The zero-order valence-corrected chi connectivity index (χ0v) is 13.0. The Morgan fingerprint density at radius 3 is 1.57 bits per heavy atom. The maximum absolute atomic E-state index is 9.11. The Bertz CT molecular complexity index is 100. The first-order chi connectivity index (χ1) is 2.00. The van der Waals surface area contributed by atoms with E-state index in [0.717, 1.165) is 0 Å². The van der Waals surface area contributed by atoms with Crippen LogP contribution in [0, 0.1) is 0 Å². The molecule has 0 atom stereocenters. The number of hydrogen-bond acceptors (Lipinski definition) is 2. The van der Waals surface area contributed by atoms with Crippen LogP contribution in [0.2, 0.25) is 0 Å². The first-order valence-electron chi connectivity index (χ1n) is 0.698. The van der Waals surface area contributed by atoms with Gasteiger partial charge in [0.25, 0.3) is 9.05 Å². The molecule has 0 aromatic rings. The summed E-state index contributed by atoms with van der Waals surface area (Å²) in [5.41, 5.74) is 0. The molecule has 0 bridgehead atoms. The molecule has 0 aliphatic heterocycles. The first-order valence-corrected chi connectivity index (χ1v) is 3.10. The second-order valence-electron chi connectivity index (χ2n) is 0.448. The van der Waals surface area contributed by atoms with E-state index in [1.807, 2.05) is 0 Å². The van der Waals surface area contributed by atoms with Gasteiger partial charge >= 0.3 is 29.6 Å². The van der Waals surface area contributed by atoms with Crippen LogP contribution >= 0.6 is 0 Å². The van der Waals surface area contributed by atoms with Crippen LogP contribution in [-0.4, -0.2) is 13.3 Å². The van der Waals surface area contributed by atoms with E-state index in [1.54, 1.807) is 0 Å². The summed E-state index contributed by atoms with van der Waals surface area (Å²) in [4.78, 5) is 0. The average Bonchev–Trinajstić information content (AvgIpc) is 0.722. The summed E-state index contributed by atoms with van der Waals surface area (Å²) >= 11 is 3.47. The molecule has 0 radical (unpaired) electrons. The largest absolute Gasteiger partial charge is 1.00 e. The van der Waals surface area contributed by atoms with Crippen molar-refractivity contribution in [1.82, 2.24) is 0 Å². The van der Waals surface area contributed by atoms with Crippen LogP contribution in [-0.2, 0) is 47.9 Å². The quantitative estimate of drug-likeness (QED) is 0.457. The number of hydrogen-bond donors (Lipinski definition) is 2. The van der Waals surface area contributed by atoms with Crippen LogP contribution in [0.5, 0.6) is 0 Å². The van der Waals surface area contributed by atoms with Crippen molar-refractivity contribution < 1.29 is 72.0 Å². The van der Waals surface area contributed by atoms with Crippen LogP contribution in [0.25, 0.3) is 0 Å². The molecular formula is H3HgNaO3S2. The molecule has 0 saturated carbocycles. The maximum Gasteiger partial charge on any atom is 1.00 e. The summed E-state index contributed by atoms with van der Waals surface area (Å²) in [6.07, 6.45) is 0. The van der Waals surface area contributed by atoms with Gasteiger partial charge in [0.2, 0.25) is 0 Å². The monoisotopic (exact) mass is 340 g/mol. The van der Waals surface area contributed by atoms with Crippen molar-refractivity contribution in [1.29, 1.82) is 0 Å². The normalized spacial score (nSPS) is 8.29. The molecule has 7 heteroatoms. The van der Waals surface area contributed by atoms with Gasteiger partial charge in [0, 0.05) is 38.9 Å². The summed E-state index contributed by atoms with van der Waals surface area (Å²) in [5, 5.41) is 0. The standard InChI is InChI=1S/Hg.Na.H2O3S2.H/c;;1-5(2,3)4;/h;;(H2,1,2,3,4);/q;+1;;-1. The molecule has 2 N–H and O–H groups in total. The van der Waals surface area contributed by atoms with E-state index in [4.69, 9.17) is 13.3 Å². The van der Waals surface area contributed by atoms with Gasteiger partial charge in [-0.3, -0.25) is 9.11 Å². The van der Waals surface area contributed by atoms with Crippen LogP contribution in [0.15, 0.2) is 0 Å². The van der Waals surface area contributed by atoms with E-state index in [1.165, 1.54) is 0 Å². The summed E-state index contributed by atoms with van der Waals surface area (Å²) < 4.78 is 24.0. The molecule has 0 rings (SSSR count). The fourth-order valence-corrected chi connectivity index (χ4v) is 0. The Labute approximate surface area is 90.9 Å². The van der Waals surface area contributed by atoms with E-state index >= 15 is 0 Å². The van der Waals surface area contributed by atoms with Gasteiger partial charge in [0.1, 0.15) is 0 Å². The summed E-state index contributed by atoms with van der Waals surface area (Å²) in [6, 6.07) is 0. The molecule has 7 heavy (non-hydrogen) atoms. The fourth-order valence-electron chi connectivity index (χ4n) is 0. The third kappa shape index (κ3) is 64.4. The van der Waals surface area contributed by atoms with Crippen molar-refractivity contribution in [3.63, 3.8) is 0 Å². The molecule has 0 saturated heterocycles. The van der Waals surface area contributed by atoms with Crippen molar-refractivity contribution in [3.05, 3.63) is 0 Å². The van der Waals surface area contributed by atoms with E-state index in [0.29, 0.717) is 0 Å². The summed E-state index contributed by atoms with van der Waals surface area (Å²) in [5.74, 6) is 0. The molecule has 0 spiro atoms. The van der Waals surface area contributed by atoms with Gasteiger partial charge in [0.05, 0.1) is 0 Å². The minimum Gasteiger partial charge on any atom is -1.00 e. The second kappa shape index (κ2) is 6.35. The average molecular weight is 339 g/mol. The van der Waals surface area contributed by atoms with Crippen molar-refractivity contribution in [2.75, 3.05) is 0 Å². The molecule has 0 aliphatic carbocycles. The Balaban J connectivity index is -0.0000000267. The van der Waals surface area contributed by atoms with Gasteiger partial charge in [0.15, 0.2) is 0 Å². The smallest absolute Gasteiger partial charge is 1.00 e. The zero-order chi connectivity index (χ0) is 4.50.